The first-order valence-corrected chi connectivity index (χ1v) is 12.4. The maximum absolute atomic E-state index is 14.8. The van der Waals surface area contributed by atoms with Gasteiger partial charge in [0.25, 0.3) is 0 Å². The van der Waals surface area contributed by atoms with E-state index in [2.05, 4.69) is 11.7 Å². The molecule has 2 saturated carbocycles. The zero-order valence-electron chi connectivity index (χ0n) is 19.6. The van der Waals surface area contributed by atoms with Crippen molar-refractivity contribution >= 4 is 0 Å². The maximum Gasteiger partial charge on any atom is 0.358 e. The molecule has 0 amide bonds. The Labute approximate surface area is 197 Å². The number of alkyl halides is 2. The lowest BCUT2D eigenvalue weighted by atomic mass is 9.79. The van der Waals surface area contributed by atoms with E-state index in [1.54, 1.807) is 0 Å². The summed E-state index contributed by atoms with van der Waals surface area (Å²) in [6, 6.07) is 2.11. The van der Waals surface area contributed by atoms with E-state index in [0.29, 0.717) is 50.0 Å². The minimum Gasteiger partial charge on any atom is -0.453 e. The highest BCUT2D eigenvalue weighted by Gasteiger charge is 2.44. The fraction of sp³-hybridized carbons (Fsp3) is 0.692. The van der Waals surface area contributed by atoms with Crippen molar-refractivity contribution < 1.29 is 35.8 Å². The van der Waals surface area contributed by atoms with Gasteiger partial charge >= 0.3 is 12.2 Å². The zero-order valence-corrected chi connectivity index (χ0v) is 19.6. The van der Waals surface area contributed by atoms with Crippen LogP contribution in [0.1, 0.15) is 95.5 Å². The molecule has 0 saturated heterocycles. The fourth-order valence-corrected chi connectivity index (χ4v) is 5.33. The molecule has 1 aromatic rings. The quantitative estimate of drug-likeness (QED) is 0.184. The van der Waals surface area contributed by atoms with Gasteiger partial charge in [-0.05, 0) is 80.9 Å². The van der Waals surface area contributed by atoms with Crippen LogP contribution in [0.5, 0.6) is 5.75 Å². The van der Waals surface area contributed by atoms with Crippen LogP contribution >= 0.6 is 0 Å². The van der Waals surface area contributed by atoms with Crippen LogP contribution in [0.3, 0.4) is 0 Å². The van der Waals surface area contributed by atoms with Gasteiger partial charge in [0.15, 0.2) is 23.6 Å². The first-order valence-electron chi connectivity index (χ1n) is 12.4. The lowest BCUT2D eigenvalue weighted by molar-refractivity contribution is -0.301. The van der Waals surface area contributed by atoms with E-state index in [1.807, 2.05) is 0 Å². The van der Waals surface area contributed by atoms with Crippen LogP contribution in [-0.2, 0) is 4.74 Å². The predicted molar refractivity (Wildman–Crippen MR) is 118 cm³/mol. The molecule has 0 atom stereocenters. The van der Waals surface area contributed by atoms with Crippen LogP contribution in [0.25, 0.3) is 0 Å². The van der Waals surface area contributed by atoms with Crippen molar-refractivity contribution in [3.63, 3.8) is 0 Å². The number of hydrogen-bond donors (Lipinski definition) is 0. The lowest BCUT2D eigenvalue weighted by Gasteiger charge is -2.37. The van der Waals surface area contributed by atoms with E-state index in [-0.39, 0.29) is 12.2 Å². The van der Waals surface area contributed by atoms with Crippen molar-refractivity contribution in [2.45, 2.75) is 102 Å². The summed E-state index contributed by atoms with van der Waals surface area (Å²) < 4.78 is 91.9. The second-order valence-electron chi connectivity index (χ2n) is 9.71. The Morgan fingerprint density at radius 2 is 1.56 bits per heavy atom. The van der Waals surface area contributed by atoms with Gasteiger partial charge in [0, 0.05) is 0 Å². The van der Waals surface area contributed by atoms with Crippen molar-refractivity contribution in [1.82, 2.24) is 0 Å². The van der Waals surface area contributed by atoms with Crippen molar-refractivity contribution in [1.29, 1.82) is 0 Å². The number of unbranched alkanes of at least 4 members (excludes halogenated alkanes) is 2. The van der Waals surface area contributed by atoms with Gasteiger partial charge in [0.1, 0.15) is 0 Å². The van der Waals surface area contributed by atoms with Crippen molar-refractivity contribution in [3.05, 3.63) is 41.7 Å². The van der Waals surface area contributed by atoms with Gasteiger partial charge in [-0.2, -0.15) is 17.6 Å². The molecule has 0 aliphatic heterocycles. The third-order valence-corrected chi connectivity index (χ3v) is 7.29. The molecule has 1 aromatic carbocycles. The number of hydrogen-bond acceptors (Lipinski definition) is 2. The Balaban J connectivity index is 1.49. The van der Waals surface area contributed by atoms with E-state index in [1.165, 1.54) is 12.8 Å². The van der Waals surface area contributed by atoms with Crippen molar-refractivity contribution in [2.24, 2.45) is 11.8 Å². The van der Waals surface area contributed by atoms with Gasteiger partial charge in [-0.3, -0.25) is 0 Å². The average molecular weight is 493 g/mol. The molecular formula is C26H34F6O2. The molecule has 2 aliphatic carbocycles. The minimum absolute atomic E-state index is 0.0250. The molecule has 0 heterocycles. The number of ether oxygens (including phenoxy) is 2. The summed E-state index contributed by atoms with van der Waals surface area (Å²) in [6.07, 6.45) is 2.87. The zero-order chi connectivity index (χ0) is 24.7. The topological polar surface area (TPSA) is 18.5 Å². The van der Waals surface area contributed by atoms with Crippen LogP contribution in [-0.4, -0.2) is 12.2 Å². The number of benzene rings is 1. The molecule has 0 bridgehead atoms. The minimum atomic E-state index is -3.16. The Hall–Kier alpha value is -1.70. The molecule has 8 heteroatoms. The highest BCUT2D eigenvalue weighted by Crippen LogP contribution is 2.44. The van der Waals surface area contributed by atoms with Gasteiger partial charge in [-0.15, -0.1) is 0 Å². The van der Waals surface area contributed by atoms with E-state index in [4.69, 9.17) is 4.74 Å². The molecule has 0 radical (unpaired) electrons. The first-order chi connectivity index (χ1) is 16.2. The molecule has 0 unspecified atom stereocenters. The SMILES string of the molecule is CCCCCC1CCC(C(F)(F)OC2CCC(c3cc(F)c(OC=C(F)F)c(F)c3)CC2)CC1. The smallest absolute Gasteiger partial charge is 0.358 e. The Kier molecular flexibility index (Phi) is 9.74. The third kappa shape index (κ3) is 7.40. The summed E-state index contributed by atoms with van der Waals surface area (Å²) in [5.74, 6) is -3.50. The van der Waals surface area contributed by atoms with Crippen LogP contribution in [0.4, 0.5) is 26.3 Å². The molecule has 3 rings (SSSR count). The first kappa shape index (κ1) is 26.9. The summed E-state index contributed by atoms with van der Waals surface area (Å²) in [5.41, 5.74) is 0.360. The average Bonchev–Trinajstić information content (AvgIpc) is 2.79. The molecule has 34 heavy (non-hydrogen) atoms. The van der Waals surface area contributed by atoms with Gasteiger partial charge in [0.05, 0.1) is 12.0 Å². The molecule has 192 valence electrons. The van der Waals surface area contributed by atoms with Crippen molar-refractivity contribution in [2.75, 3.05) is 0 Å². The summed E-state index contributed by atoms with van der Waals surface area (Å²) in [5, 5.41) is 0. The predicted octanol–water partition coefficient (Wildman–Crippen LogP) is 9.10. The highest BCUT2D eigenvalue weighted by molar-refractivity contribution is 5.34. The van der Waals surface area contributed by atoms with E-state index in [9.17, 15) is 26.3 Å². The summed E-state index contributed by atoms with van der Waals surface area (Å²) >= 11 is 0. The molecule has 2 aliphatic rings. The molecule has 0 aromatic heterocycles. The number of halogens is 6. The summed E-state index contributed by atoms with van der Waals surface area (Å²) in [4.78, 5) is 0. The van der Waals surface area contributed by atoms with Crippen LogP contribution in [0.2, 0.25) is 0 Å². The molecule has 0 spiro atoms. The van der Waals surface area contributed by atoms with Gasteiger partial charge in [0.2, 0.25) is 0 Å². The molecule has 2 fully saturated rings. The van der Waals surface area contributed by atoms with Gasteiger partial charge < -0.3 is 9.47 Å². The summed E-state index contributed by atoms with van der Waals surface area (Å²) in [7, 11) is 0. The van der Waals surface area contributed by atoms with Crippen molar-refractivity contribution in [3.8, 4) is 5.75 Å². The lowest BCUT2D eigenvalue weighted by Crippen LogP contribution is -2.39. The largest absolute Gasteiger partial charge is 0.453 e. The van der Waals surface area contributed by atoms with Gasteiger partial charge in [-0.1, -0.05) is 32.6 Å². The second kappa shape index (κ2) is 12.3. The molecule has 2 nitrogen and oxygen atoms in total. The molecular weight excluding hydrogens is 458 g/mol. The Morgan fingerprint density at radius 3 is 2.12 bits per heavy atom. The van der Waals surface area contributed by atoms with Crippen LogP contribution < -0.4 is 4.74 Å². The number of rotatable bonds is 10. The van der Waals surface area contributed by atoms with Crippen LogP contribution in [0.15, 0.2) is 24.5 Å². The Bertz CT molecular complexity index is 785. The second-order valence-corrected chi connectivity index (χ2v) is 9.71. The van der Waals surface area contributed by atoms with E-state index < -0.39 is 41.6 Å². The third-order valence-electron chi connectivity index (χ3n) is 7.29. The monoisotopic (exact) mass is 492 g/mol. The Morgan fingerprint density at radius 1 is 0.941 bits per heavy atom. The fourth-order valence-electron chi connectivity index (χ4n) is 5.33. The normalized spacial score (nSPS) is 25.7. The highest BCUT2D eigenvalue weighted by atomic mass is 19.3. The molecule has 0 N–H and O–H groups in total. The van der Waals surface area contributed by atoms with Gasteiger partial charge in [-0.25, -0.2) is 8.78 Å². The summed E-state index contributed by atoms with van der Waals surface area (Å²) in [6.45, 7) is 2.15. The van der Waals surface area contributed by atoms with Crippen LogP contribution in [0, 0.1) is 23.5 Å². The standard InChI is InChI=1S/C26H34F6O2/c1-2-3-4-5-17-6-10-20(11-7-17)26(31,32)34-21-12-8-18(9-13-21)19-14-22(27)25(23(28)15-19)33-16-24(29)30/h14-18,20-21H,2-13H2,1H3. The van der Waals surface area contributed by atoms with E-state index >= 15 is 0 Å². The van der Waals surface area contributed by atoms with E-state index in [0.717, 1.165) is 37.8 Å². The maximum atomic E-state index is 14.8.